The number of nitrogens with zero attached hydrogens (tertiary/aromatic N) is 2. The van der Waals surface area contributed by atoms with E-state index in [0.717, 1.165) is 38.8 Å². The standard InChI is InChI=1S/C19H26N2O/c1-16(2)14-18(22)21-12-10-19(15-20,11-13-21)9-8-17-6-4-3-5-7-17/h3-7,16H,8-14H2,1-2H3. The Morgan fingerprint density at radius 3 is 2.45 bits per heavy atom. The van der Waals surface area contributed by atoms with Crippen molar-refractivity contribution in [3.63, 3.8) is 0 Å². The van der Waals surface area contributed by atoms with Crippen LogP contribution in [-0.2, 0) is 11.2 Å². The van der Waals surface area contributed by atoms with Crippen molar-refractivity contribution in [2.75, 3.05) is 13.1 Å². The summed E-state index contributed by atoms with van der Waals surface area (Å²) >= 11 is 0. The van der Waals surface area contributed by atoms with E-state index in [1.807, 2.05) is 23.1 Å². The highest BCUT2D eigenvalue weighted by molar-refractivity contribution is 5.76. The molecule has 22 heavy (non-hydrogen) atoms. The number of likely N-dealkylation sites (tertiary alicyclic amines) is 1. The average molecular weight is 298 g/mol. The molecule has 1 heterocycles. The van der Waals surface area contributed by atoms with Crippen molar-refractivity contribution in [1.29, 1.82) is 5.26 Å². The maximum absolute atomic E-state index is 12.1. The molecule has 0 saturated carbocycles. The van der Waals surface area contributed by atoms with E-state index in [4.69, 9.17) is 0 Å². The molecule has 0 radical (unpaired) electrons. The maximum Gasteiger partial charge on any atom is 0.222 e. The molecule has 3 nitrogen and oxygen atoms in total. The van der Waals surface area contributed by atoms with E-state index >= 15 is 0 Å². The molecule has 1 saturated heterocycles. The number of nitriles is 1. The second-order valence-corrected chi connectivity index (χ2v) is 6.86. The summed E-state index contributed by atoms with van der Waals surface area (Å²) in [4.78, 5) is 14.1. The third kappa shape index (κ3) is 4.34. The number of carbonyl (C=O) groups excluding carboxylic acids is 1. The van der Waals surface area contributed by atoms with E-state index in [-0.39, 0.29) is 11.3 Å². The van der Waals surface area contributed by atoms with Crippen molar-refractivity contribution < 1.29 is 4.79 Å². The van der Waals surface area contributed by atoms with Gasteiger partial charge in [0.1, 0.15) is 0 Å². The van der Waals surface area contributed by atoms with E-state index in [9.17, 15) is 10.1 Å². The SMILES string of the molecule is CC(C)CC(=O)N1CCC(C#N)(CCc2ccccc2)CC1. The summed E-state index contributed by atoms with van der Waals surface area (Å²) in [6.45, 7) is 5.60. The predicted molar refractivity (Wildman–Crippen MR) is 88.1 cm³/mol. The second-order valence-electron chi connectivity index (χ2n) is 6.86. The number of rotatable bonds is 5. The van der Waals surface area contributed by atoms with Gasteiger partial charge in [0, 0.05) is 19.5 Å². The smallest absolute Gasteiger partial charge is 0.222 e. The number of hydrogen-bond donors (Lipinski definition) is 0. The van der Waals surface area contributed by atoms with Gasteiger partial charge in [-0.05, 0) is 37.2 Å². The summed E-state index contributed by atoms with van der Waals surface area (Å²) in [5.74, 6) is 0.637. The van der Waals surface area contributed by atoms with Crippen LogP contribution in [0.2, 0.25) is 0 Å². The third-order valence-electron chi connectivity index (χ3n) is 4.63. The first-order chi connectivity index (χ1) is 10.5. The van der Waals surface area contributed by atoms with Crippen LogP contribution in [0.25, 0.3) is 0 Å². The summed E-state index contributed by atoms with van der Waals surface area (Å²) in [5.41, 5.74) is 1.03. The Kier molecular flexibility index (Phi) is 5.60. The minimum Gasteiger partial charge on any atom is -0.343 e. The fourth-order valence-corrected chi connectivity index (χ4v) is 3.11. The van der Waals surface area contributed by atoms with Crippen LogP contribution in [0.1, 0.15) is 45.1 Å². The molecule has 118 valence electrons. The molecule has 0 unspecified atom stereocenters. The van der Waals surface area contributed by atoms with Crippen LogP contribution in [0, 0.1) is 22.7 Å². The summed E-state index contributed by atoms with van der Waals surface area (Å²) in [5, 5.41) is 9.64. The maximum atomic E-state index is 12.1. The summed E-state index contributed by atoms with van der Waals surface area (Å²) < 4.78 is 0. The lowest BCUT2D eigenvalue weighted by molar-refractivity contribution is -0.133. The lowest BCUT2D eigenvalue weighted by Gasteiger charge is -2.37. The molecule has 0 N–H and O–H groups in total. The van der Waals surface area contributed by atoms with Crippen LogP contribution >= 0.6 is 0 Å². The normalized spacial score (nSPS) is 17.3. The van der Waals surface area contributed by atoms with Gasteiger partial charge in [-0.2, -0.15) is 5.26 Å². The zero-order valence-corrected chi connectivity index (χ0v) is 13.7. The number of aryl methyl sites for hydroxylation is 1. The topological polar surface area (TPSA) is 44.1 Å². The fraction of sp³-hybridized carbons (Fsp3) is 0.579. The lowest BCUT2D eigenvalue weighted by Crippen LogP contribution is -2.43. The Morgan fingerprint density at radius 2 is 1.91 bits per heavy atom. The van der Waals surface area contributed by atoms with E-state index in [1.54, 1.807) is 0 Å². The van der Waals surface area contributed by atoms with Crippen molar-refractivity contribution in [3.05, 3.63) is 35.9 Å². The molecule has 0 aromatic heterocycles. The molecule has 0 atom stereocenters. The summed E-state index contributed by atoms with van der Waals surface area (Å²) in [7, 11) is 0. The molecule has 1 amide bonds. The fourth-order valence-electron chi connectivity index (χ4n) is 3.11. The quantitative estimate of drug-likeness (QED) is 0.830. The molecule has 1 aromatic carbocycles. The predicted octanol–water partition coefficient (Wildman–Crippen LogP) is 3.80. The number of carbonyl (C=O) groups is 1. The number of amides is 1. The van der Waals surface area contributed by atoms with E-state index < -0.39 is 0 Å². The summed E-state index contributed by atoms with van der Waals surface area (Å²) in [6.07, 6.45) is 4.05. The molecule has 1 aliphatic heterocycles. The third-order valence-corrected chi connectivity index (χ3v) is 4.63. The van der Waals surface area contributed by atoms with Crippen LogP contribution in [0.15, 0.2) is 30.3 Å². The molecule has 1 aliphatic rings. The molecule has 3 heteroatoms. The minimum atomic E-state index is -0.259. The van der Waals surface area contributed by atoms with Gasteiger partial charge >= 0.3 is 0 Å². The van der Waals surface area contributed by atoms with E-state index in [1.165, 1.54) is 5.56 Å². The zero-order valence-electron chi connectivity index (χ0n) is 13.7. The van der Waals surface area contributed by atoms with Crippen molar-refractivity contribution in [2.24, 2.45) is 11.3 Å². The molecular weight excluding hydrogens is 272 g/mol. The van der Waals surface area contributed by atoms with Gasteiger partial charge < -0.3 is 4.90 Å². The zero-order chi connectivity index (χ0) is 16.0. The van der Waals surface area contributed by atoms with Crippen LogP contribution in [-0.4, -0.2) is 23.9 Å². The Hall–Kier alpha value is -1.82. The first-order valence-electron chi connectivity index (χ1n) is 8.28. The monoisotopic (exact) mass is 298 g/mol. The molecule has 0 bridgehead atoms. The molecule has 2 rings (SSSR count). The Labute approximate surface area is 133 Å². The highest BCUT2D eigenvalue weighted by atomic mass is 16.2. The first-order valence-corrected chi connectivity index (χ1v) is 8.28. The number of hydrogen-bond acceptors (Lipinski definition) is 2. The summed E-state index contributed by atoms with van der Waals surface area (Å²) in [6, 6.07) is 12.9. The second kappa shape index (κ2) is 7.45. The van der Waals surface area contributed by atoms with Gasteiger partial charge in [-0.3, -0.25) is 4.79 Å². The van der Waals surface area contributed by atoms with Gasteiger partial charge in [-0.25, -0.2) is 0 Å². The van der Waals surface area contributed by atoms with Crippen molar-refractivity contribution in [1.82, 2.24) is 4.90 Å². The average Bonchev–Trinajstić information content (AvgIpc) is 2.54. The lowest BCUT2D eigenvalue weighted by atomic mass is 9.75. The highest BCUT2D eigenvalue weighted by Gasteiger charge is 2.35. The molecule has 1 aromatic rings. The van der Waals surface area contributed by atoms with Gasteiger partial charge in [0.2, 0.25) is 5.91 Å². The molecule has 0 aliphatic carbocycles. The Morgan fingerprint density at radius 1 is 1.27 bits per heavy atom. The molecule has 1 fully saturated rings. The van der Waals surface area contributed by atoms with Crippen LogP contribution in [0.3, 0.4) is 0 Å². The Balaban J connectivity index is 1.89. The van der Waals surface area contributed by atoms with Gasteiger partial charge in [-0.1, -0.05) is 44.2 Å². The van der Waals surface area contributed by atoms with E-state index in [2.05, 4.69) is 32.0 Å². The molecule has 0 spiro atoms. The number of piperidine rings is 1. The largest absolute Gasteiger partial charge is 0.343 e. The minimum absolute atomic E-state index is 0.240. The molecular formula is C19H26N2O. The van der Waals surface area contributed by atoms with Gasteiger partial charge in [0.15, 0.2) is 0 Å². The van der Waals surface area contributed by atoms with Gasteiger partial charge in [0.25, 0.3) is 0 Å². The van der Waals surface area contributed by atoms with Crippen molar-refractivity contribution in [2.45, 2.75) is 46.0 Å². The van der Waals surface area contributed by atoms with Crippen molar-refractivity contribution >= 4 is 5.91 Å². The Bertz CT molecular complexity index is 522. The number of benzene rings is 1. The van der Waals surface area contributed by atoms with E-state index in [0.29, 0.717) is 12.3 Å². The first kappa shape index (κ1) is 16.5. The van der Waals surface area contributed by atoms with Gasteiger partial charge in [-0.15, -0.1) is 0 Å². The van der Waals surface area contributed by atoms with Crippen molar-refractivity contribution in [3.8, 4) is 6.07 Å². The van der Waals surface area contributed by atoms with Crippen LogP contribution in [0.5, 0.6) is 0 Å². The van der Waals surface area contributed by atoms with Crippen LogP contribution in [0.4, 0.5) is 0 Å². The van der Waals surface area contributed by atoms with Gasteiger partial charge in [0.05, 0.1) is 11.5 Å². The van der Waals surface area contributed by atoms with Crippen LogP contribution < -0.4 is 0 Å². The highest BCUT2D eigenvalue weighted by Crippen LogP contribution is 2.35.